The average Bonchev–Trinajstić information content (AvgIpc) is 2.49. The highest BCUT2D eigenvalue weighted by Gasteiger charge is 2.18. The lowest BCUT2D eigenvalue weighted by Gasteiger charge is -2.26. The van der Waals surface area contributed by atoms with Crippen LogP contribution in [0.4, 0.5) is 5.82 Å². The van der Waals surface area contributed by atoms with Crippen molar-refractivity contribution in [2.45, 2.75) is 51.2 Å². The van der Waals surface area contributed by atoms with Crippen molar-refractivity contribution in [3.05, 3.63) is 23.4 Å². The molecule has 1 heterocycles. The van der Waals surface area contributed by atoms with E-state index < -0.39 is 0 Å². The Morgan fingerprint density at radius 3 is 2.86 bits per heavy atom. The summed E-state index contributed by atoms with van der Waals surface area (Å²) in [5.41, 5.74) is 7.37. The molecule has 114 valence electrons. The van der Waals surface area contributed by atoms with Crippen molar-refractivity contribution in [1.29, 1.82) is 5.26 Å². The molecule has 1 fully saturated rings. The molecular weight excluding hydrogens is 264 g/mol. The maximum atomic E-state index is 9.04. The summed E-state index contributed by atoms with van der Waals surface area (Å²) in [7, 11) is 0. The zero-order chi connectivity index (χ0) is 15.1. The summed E-state index contributed by atoms with van der Waals surface area (Å²) >= 11 is 0. The third kappa shape index (κ3) is 5.00. The van der Waals surface area contributed by atoms with E-state index in [2.05, 4.69) is 16.4 Å². The smallest absolute Gasteiger partial charge is 0.144 e. The van der Waals surface area contributed by atoms with Gasteiger partial charge in [-0.25, -0.2) is 4.98 Å². The Balaban J connectivity index is 1.66. The molecule has 1 aliphatic rings. The van der Waals surface area contributed by atoms with Crippen molar-refractivity contribution in [3.63, 3.8) is 0 Å². The Labute approximate surface area is 126 Å². The van der Waals surface area contributed by atoms with Gasteiger partial charge in [-0.3, -0.25) is 0 Å². The van der Waals surface area contributed by atoms with E-state index in [0.717, 1.165) is 50.9 Å². The summed E-state index contributed by atoms with van der Waals surface area (Å²) < 4.78 is 5.87. The third-order valence-electron chi connectivity index (χ3n) is 3.84. The van der Waals surface area contributed by atoms with Crippen LogP contribution in [-0.2, 0) is 4.74 Å². The number of hydrogen-bond donors (Lipinski definition) is 2. The number of aryl methyl sites for hydroxylation is 1. The van der Waals surface area contributed by atoms with Gasteiger partial charge in [-0.15, -0.1) is 0 Å². The van der Waals surface area contributed by atoms with Gasteiger partial charge >= 0.3 is 0 Å². The minimum absolute atomic E-state index is 0.364. The van der Waals surface area contributed by atoms with Gasteiger partial charge in [0.2, 0.25) is 0 Å². The number of ether oxygens (including phenoxy) is 1. The molecule has 0 atom stereocenters. The standard InChI is InChI=1S/C16H24N4O/c1-12-3-4-13(11-17)16(20-12)19-9-2-10-21-15-7-5-14(18)6-8-15/h3-4,14-15H,2,5-10,18H2,1H3,(H,19,20). The minimum Gasteiger partial charge on any atom is -0.378 e. The zero-order valence-electron chi connectivity index (χ0n) is 12.6. The van der Waals surface area contributed by atoms with Crippen molar-refractivity contribution in [2.75, 3.05) is 18.5 Å². The largest absolute Gasteiger partial charge is 0.378 e. The molecule has 1 saturated carbocycles. The van der Waals surface area contributed by atoms with Crippen molar-refractivity contribution >= 4 is 5.82 Å². The van der Waals surface area contributed by atoms with Gasteiger partial charge in [0.25, 0.3) is 0 Å². The maximum Gasteiger partial charge on any atom is 0.144 e. The van der Waals surface area contributed by atoms with E-state index >= 15 is 0 Å². The molecule has 0 bridgehead atoms. The maximum absolute atomic E-state index is 9.04. The highest BCUT2D eigenvalue weighted by Crippen LogP contribution is 2.20. The first kappa shape index (κ1) is 15.7. The Morgan fingerprint density at radius 1 is 1.38 bits per heavy atom. The third-order valence-corrected chi connectivity index (χ3v) is 3.84. The molecule has 0 spiro atoms. The predicted molar refractivity (Wildman–Crippen MR) is 83.0 cm³/mol. The van der Waals surface area contributed by atoms with E-state index in [0.29, 0.717) is 23.5 Å². The first-order valence-corrected chi connectivity index (χ1v) is 7.68. The van der Waals surface area contributed by atoms with Gasteiger partial charge in [0.05, 0.1) is 11.7 Å². The molecule has 1 aliphatic carbocycles. The van der Waals surface area contributed by atoms with E-state index in [-0.39, 0.29) is 0 Å². The lowest BCUT2D eigenvalue weighted by Crippen LogP contribution is -2.30. The molecule has 0 aromatic carbocycles. The molecule has 0 radical (unpaired) electrons. The van der Waals surface area contributed by atoms with E-state index in [4.69, 9.17) is 15.7 Å². The number of aromatic nitrogens is 1. The van der Waals surface area contributed by atoms with Gasteiger partial charge < -0.3 is 15.8 Å². The van der Waals surface area contributed by atoms with Crippen LogP contribution in [0.25, 0.3) is 0 Å². The van der Waals surface area contributed by atoms with Crippen molar-refractivity contribution in [1.82, 2.24) is 4.98 Å². The number of nitrogens with zero attached hydrogens (tertiary/aromatic N) is 2. The first-order chi connectivity index (χ1) is 10.2. The van der Waals surface area contributed by atoms with Gasteiger partial charge in [0.1, 0.15) is 11.9 Å². The summed E-state index contributed by atoms with van der Waals surface area (Å²) in [5, 5.41) is 12.3. The summed E-state index contributed by atoms with van der Waals surface area (Å²) in [5.74, 6) is 0.668. The summed E-state index contributed by atoms with van der Waals surface area (Å²) in [4.78, 5) is 4.35. The van der Waals surface area contributed by atoms with Gasteiger partial charge in [0.15, 0.2) is 0 Å². The van der Waals surface area contributed by atoms with Crippen LogP contribution >= 0.6 is 0 Å². The minimum atomic E-state index is 0.364. The number of nitriles is 1. The number of nitrogens with one attached hydrogen (secondary N) is 1. The number of pyridine rings is 1. The van der Waals surface area contributed by atoms with E-state index in [1.54, 1.807) is 6.07 Å². The number of nitrogens with two attached hydrogens (primary N) is 1. The predicted octanol–water partition coefficient (Wildman–Crippen LogP) is 2.35. The summed E-state index contributed by atoms with van der Waals surface area (Å²) in [6.45, 7) is 3.42. The molecular formula is C16H24N4O. The average molecular weight is 288 g/mol. The van der Waals surface area contributed by atoms with Gasteiger partial charge in [0, 0.05) is 24.9 Å². The van der Waals surface area contributed by atoms with Crippen molar-refractivity contribution in [2.24, 2.45) is 5.73 Å². The van der Waals surface area contributed by atoms with Crippen LogP contribution in [0.15, 0.2) is 12.1 Å². The molecule has 1 aromatic rings. The van der Waals surface area contributed by atoms with Crippen LogP contribution in [0.3, 0.4) is 0 Å². The van der Waals surface area contributed by atoms with E-state index in [9.17, 15) is 0 Å². The molecule has 0 unspecified atom stereocenters. The molecule has 21 heavy (non-hydrogen) atoms. The fraction of sp³-hybridized carbons (Fsp3) is 0.625. The Bertz CT molecular complexity index is 490. The second-order valence-electron chi connectivity index (χ2n) is 5.65. The lowest BCUT2D eigenvalue weighted by atomic mass is 9.94. The molecule has 0 amide bonds. The SMILES string of the molecule is Cc1ccc(C#N)c(NCCCOC2CCC(N)CC2)n1. The quantitative estimate of drug-likeness (QED) is 0.785. The summed E-state index contributed by atoms with van der Waals surface area (Å²) in [6, 6.07) is 6.16. The molecule has 5 heteroatoms. The van der Waals surface area contributed by atoms with Crippen LogP contribution in [0.2, 0.25) is 0 Å². The van der Waals surface area contributed by atoms with Crippen molar-refractivity contribution in [3.8, 4) is 6.07 Å². The van der Waals surface area contributed by atoms with Gasteiger partial charge in [-0.05, 0) is 51.2 Å². The summed E-state index contributed by atoms with van der Waals surface area (Å²) in [6.07, 6.45) is 5.57. The fourth-order valence-electron chi connectivity index (χ4n) is 2.57. The fourth-order valence-corrected chi connectivity index (χ4v) is 2.57. The molecule has 0 saturated heterocycles. The second kappa shape index (κ2) is 7.96. The topological polar surface area (TPSA) is 84.0 Å². The monoisotopic (exact) mass is 288 g/mol. The van der Waals surface area contributed by atoms with Crippen LogP contribution in [0.5, 0.6) is 0 Å². The van der Waals surface area contributed by atoms with E-state index in [1.807, 2.05) is 13.0 Å². The van der Waals surface area contributed by atoms with Crippen LogP contribution in [0, 0.1) is 18.3 Å². The normalized spacial score (nSPS) is 21.8. The van der Waals surface area contributed by atoms with Gasteiger partial charge in [-0.1, -0.05) is 0 Å². The molecule has 0 aliphatic heterocycles. The Hall–Kier alpha value is -1.64. The van der Waals surface area contributed by atoms with Crippen LogP contribution in [0.1, 0.15) is 43.4 Å². The Kier molecular flexibility index (Phi) is 5.97. The number of anilines is 1. The van der Waals surface area contributed by atoms with Crippen molar-refractivity contribution < 1.29 is 4.74 Å². The second-order valence-corrected chi connectivity index (χ2v) is 5.65. The molecule has 5 nitrogen and oxygen atoms in total. The van der Waals surface area contributed by atoms with E-state index in [1.165, 1.54) is 0 Å². The zero-order valence-corrected chi connectivity index (χ0v) is 12.6. The highest BCUT2D eigenvalue weighted by atomic mass is 16.5. The number of hydrogen-bond acceptors (Lipinski definition) is 5. The lowest BCUT2D eigenvalue weighted by molar-refractivity contribution is 0.0251. The molecule has 1 aromatic heterocycles. The van der Waals surface area contributed by atoms with Crippen LogP contribution in [-0.4, -0.2) is 30.3 Å². The van der Waals surface area contributed by atoms with Gasteiger partial charge in [-0.2, -0.15) is 5.26 Å². The number of rotatable bonds is 6. The molecule has 3 N–H and O–H groups in total. The molecule has 2 rings (SSSR count). The first-order valence-electron chi connectivity index (χ1n) is 7.68. The Morgan fingerprint density at radius 2 is 2.14 bits per heavy atom. The van der Waals surface area contributed by atoms with Crippen LogP contribution < -0.4 is 11.1 Å². The highest BCUT2D eigenvalue weighted by molar-refractivity contribution is 5.52.